The molecule has 20 heavy (non-hydrogen) atoms. The van der Waals surface area contributed by atoms with Crippen LogP contribution in [0, 0.1) is 12.8 Å². The second-order valence-electron chi connectivity index (χ2n) is 4.53. The number of aryl methyl sites for hydroxylation is 1. The number of amides is 2. The minimum absolute atomic E-state index is 0.0484. The molecule has 1 atom stereocenters. The van der Waals surface area contributed by atoms with Crippen LogP contribution in [0.2, 0.25) is 0 Å². The Morgan fingerprint density at radius 1 is 1.35 bits per heavy atom. The molecule has 0 radical (unpaired) electrons. The molecule has 0 aromatic carbocycles. The lowest BCUT2D eigenvalue weighted by atomic mass is 10.1. The lowest BCUT2D eigenvalue weighted by Gasteiger charge is -2.17. The fourth-order valence-corrected chi connectivity index (χ4v) is 1.49. The Bertz CT molecular complexity index is 504. The van der Waals surface area contributed by atoms with Crippen LogP contribution in [0.15, 0.2) is 6.07 Å². The van der Waals surface area contributed by atoms with Gasteiger partial charge in [0.25, 0.3) is 0 Å². The summed E-state index contributed by atoms with van der Waals surface area (Å²) in [4.78, 5) is 30.7. The Morgan fingerprint density at radius 3 is 2.50 bits per heavy atom. The number of hydrogen-bond donors (Lipinski definition) is 3. The van der Waals surface area contributed by atoms with E-state index >= 15 is 0 Å². The van der Waals surface area contributed by atoms with Crippen LogP contribution in [0.5, 0.6) is 5.88 Å². The predicted molar refractivity (Wildman–Crippen MR) is 71.7 cm³/mol. The molecule has 0 aliphatic rings. The number of hydrogen-bond acceptors (Lipinski definition) is 5. The number of carbonyl (C=O) groups excluding carboxylic acids is 1. The number of carbonyl (C=O) groups is 2. The average Bonchev–Trinajstić information content (AvgIpc) is 2.34. The van der Waals surface area contributed by atoms with Gasteiger partial charge in [-0.2, -0.15) is 4.98 Å². The monoisotopic (exact) mass is 282 g/mol. The third-order valence-electron chi connectivity index (χ3n) is 2.48. The second kappa shape index (κ2) is 6.69. The number of ether oxygens (including phenoxy) is 1. The third kappa shape index (κ3) is 4.38. The molecule has 3 N–H and O–H groups in total. The zero-order chi connectivity index (χ0) is 15.3. The molecule has 1 rings (SSSR count). The lowest BCUT2D eigenvalue weighted by molar-refractivity contribution is -0.140. The number of carboxylic acid groups (broad SMARTS) is 1. The molecule has 8 heteroatoms. The first-order valence-electron chi connectivity index (χ1n) is 6.03. The van der Waals surface area contributed by atoms with Crippen molar-refractivity contribution in [1.82, 2.24) is 15.3 Å². The van der Waals surface area contributed by atoms with E-state index in [1.807, 2.05) is 0 Å². The number of anilines is 1. The van der Waals surface area contributed by atoms with Crippen LogP contribution < -0.4 is 15.4 Å². The number of carboxylic acids is 1. The standard InChI is InChI=1S/C12H18N4O4/c1-6(2)9(10(17)18)15-12(19)16-11-13-7(3)5-8(14-11)20-4/h5-6,9H,1-4H3,(H,17,18)(H2,13,14,15,16,19). The first-order valence-corrected chi connectivity index (χ1v) is 6.03. The Hall–Kier alpha value is -2.38. The maximum absolute atomic E-state index is 11.7. The van der Waals surface area contributed by atoms with Gasteiger partial charge in [0.1, 0.15) is 6.04 Å². The molecule has 110 valence electrons. The van der Waals surface area contributed by atoms with Gasteiger partial charge in [-0.05, 0) is 12.8 Å². The normalized spacial score (nSPS) is 11.8. The van der Waals surface area contributed by atoms with Crippen molar-refractivity contribution < 1.29 is 19.4 Å². The van der Waals surface area contributed by atoms with Gasteiger partial charge in [-0.25, -0.2) is 14.6 Å². The SMILES string of the molecule is COc1cc(C)nc(NC(=O)NC(C(=O)O)C(C)C)n1. The first kappa shape index (κ1) is 15.7. The van der Waals surface area contributed by atoms with Crippen molar-refractivity contribution in [3.05, 3.63) is 11.8 Å². The number of nitrogens with one attached hydrogen (secondary N) is 2. The molecule has 0 saturated carbocycles. The summed E-state index contributed by atoms with van der Waals surface area (Å²) < 4.78 is 4.96. The average molecular weight is 282 g/mol. The van der Waals surface area contributed by atoms with E-state index in [4.69, 9.17) is 9.84 Å². The van der Waals surface area contributed by atoms with Crippen molar-refractivity contribution in [2.75, 3.05) is 12.4 Å². The van der Waals surface area contributed by atoms with E-state index in [0.29, 0.717) is 11.6 Å². The maximum atomic E-state index is 11.7. The molecular weight excluding hydrogens is 264 g/mol. The minimum atomic E-state index is -1.10. The Balaban J connectivity index is 2.75. The van der Waals surface area contributed by atoms with Crippen molar-refractivity contribution in [3.8, 4) is 5.88 Å². The fraction of sp³-hybridized carbons (Fsp3) is 0.500. The highest BCUT2D eigenvalue weighted by Crippen LogP contribution is 2.11. The molecule has 0 bridgehead atoms. The molecule has 0 aliphatic heterocycles. The van der Waals surface area contributed by atoms with E-state index in [-0.39, 0.29) is 11.9 Å². The molecule has 1 aromatic rings. The van der Waals surface area contributed by atoms with Gasteiger partial charge in [0.15, 0.2) is 0 Å². The molecule has 1 aromatic heterocycles. The highest BCUT2D eigenvalue weighted by molar-refractivity contribution is 5.90. The van der Waals surface area contributed by atoms with Crippen LogP contribution >= 0.6 is 0 Å². The topological polar surface area (TPSA) is 113 Å². The van der Waals surface area contributed by atoms with Gasteiger partial charge in [-0.3, -0.25) is 5.32 Å². The smallest absolute Gasteiger partial charge is 0.326 e. The van der Waals surface area contributed by atoms with Crippen LogP contribution in [0.25, 0.3) is 0 Å². The summed E-state index contributed by atoms with van der Waals surface area (Å²) in [6.45, 7) is 5.12. The Morgan fingerprint density at radius 2 is 2.00 bits per heavy atom. The summed E-state index contributed by atoms with van der Waals surface area (Å²) in [6.07, 6.45) is 0. The van der Waals surface area contributed by atoms with Crippen LogP contribution in [0.3, 0.4) is 0 Å². The van der Waals surface area contributed by atoms with Gasteiger partial charge in [-0.15, -0.1) is 0 Å². The zero-order valence-electron chi connectivity index (χ0n) is 11.8. The Labute approximate surface area is 116 Å². The van der Waals surface area contributed by atoms with Gasteiger partial charge < -0.3 is 15.2 Å². The number of aliphatic carboxylic acids is 1. The van der Waals surface area contributed by atoms with Crippen LogP contribution in [-0.4, -0.2) is 40.2 Å². The third-order valence-corrected chi connectivity index (χ3v) is 2.48. The van der Waals surface area contributed by atoms with Gasteiger partial charge >= 0.3 is 12.0 Å². The van der Waals surface area contributed by atoms with Crippen molar-refractivity contribution in [2.45, 2.75) is 26.8 Å². The largest absolute Gasteiger partial charge is 0.481 e. The Kier molecular flexibility index (Phi) is 5.24. The van der Waals surface area contributed by atoms with Crippen LogP contribution in [0.1, 0.15) is 19.5 Å². The highest BCUT2D eigenvalue weighted by atomic mass is 16.5. The van der Waals surface area contributed by atoms with Crippen molar-refractivity contribution in [2.24, 2.45) is 5.92 Å². The summed E-state index contributed by atoms with van der Waals surface area (Å²) in [5.41, 5.74) is 0.616. The highest BCUT2D eigenvalue weighted by Gasteiger charge is 2.23. The van der Waals surface area contributed by atoms with E-state index in [1.165, 1.54) is 7.11 Å². The molecule has 0 fully saturated rings. The van der Waals surface area contributed by atoms with Crippen LogP contribution in [0.4, 0.5) is 10.7 Å². The van der Waals surface area contributed by atoms with E-state index in [1.54, 1.807) is 26.8 Å². The summed E-state index contributed by atoms with van der Waals surface area (Å²) >= 11 is 0. The number of rotatable bonds is 5. The van der Waals surface area contributed by atoms with E-state index < -0.39 is 18.0 Å². The summed E-state index contributed by atoms with van der Waals surface area (Å²) in [5.74, 6) is -0.984. The minimum Gasteiger partial charge on any atom is -0.481 e. The second-order valence-corrected chi connectivity index (χ2v) is 4.53. The molecular formula is C12H18N4O4. The summed E-state index contributed by atoms with van der Waals surface area (Å²) in [6, 6.07) is -0.0579. The molecule has 1 heterocycles. The van der Waals surface area contributed by atoms with E-state index in [2.05, 4.69) is 20.6 Å². The molecule has 8 nitrogen and oxygen atoms in total. The summed E-state index contributed by atoms with van der Waals surface area (Å²) in [5, 5.41) is 13.7. The number of aromatic nitrogens is 2. The fourth-order valence-electron chi connectivity index (χ4n) is 1.49. The van der Waals surface area contributed by atoms with Crippen LogP contribution in [-0.2, 0) is 4.79 Å². The predicted octanol–water partition coefficient (Wildman–Crippen LogP) is 1.02. The van der Waals surface area contributed by atoms with E-state index in [9.17, 15) is 9.59 Å². The van der Waals surface area contributed by atoms with Gasteiger partial charge in [0.05, 0.1) is 7.11 Å². The van der Waals surface area contributed by atoms with Gasteiger partial charge in [0, 0.05) is 11.8 Å². The maximum Gasteiger partial charge on any atom is 0.326 e. The van der Waals surface area contributed by atoms with Crippen molar-refractivity contribution in [1.29, 1.82) is 0 Å². The van der Waals surface area contributed by atoms with Gasteiger partial charge in [0.2, 0.25) is 11.8 Å². The van der Waals surface area contributed by atoms with E-state index in [0.717, 1.165) is 0 Å². The summed E-state index contributed by atoms with van der Waals surface area (Å²) in [7, 11) is 1.45. The zero-order valence-corrected chi connectivity index (χ0v) is 11.8. The molecule has 0 spiro atoms. The number of urea groups is 1. The molecule has 2 amide bonds. The number of nitrogens with zero attached hydrogens (tertiary/aromatic N) is 2. The molecule has 0 saturated heterocycles. The molecule has 0 aliphatic carbocycles. The first-order chi connectivity index (χ1) is 9.33. The molecule has 1 unspecified atom stereocenters. The quantitative estimate of drug-likeness (QED) is 0.743. The van der Waals surface area contributed by atoms with Crippen molar-refractivity contribution >= 4 is 17.9 Å². The van der Waals surface area contributed by atoms with Gasteiger partial charge in [-0.1, -0.05) is 13.8 Å². The number of methoxy groups -OCH3 is 1. The van der Waals surface area contributed by atoms with Crippen molar-refractivity contribution in [3.63, 3.8) is 0 Å². The lowest BCUT2D eigenvalue weighted by Crippen LogP contribution is -2.46.